The topological polar surface area (TPSA) is 128 Å². The molecule has 4 rings (SSSR count). The average Bonchev–Trinajstić information content (AvgIpc) is 3.28. The molecule has 0 spiro atoms. The van der Waals surface area contributed by atoms with Gasteiger partial charge in [-0.25, -0.2) is 17.2 Å². The first-order chi connectivity index (χ1) is 16.1. The SMILES string of the molecule is CC(=O)O.CS(=O)(=O)n1cc2c(n1)CN([C@@H]1C[C@H](N)[C@@H](c3cc(F)ccc3F)O[C@@H]1C(F)(F)F)C2. The van der Waals surface area contributed by atoms with Crippen molar-refractivity contribution in [3.05, 3.63) is 52.9 Å². The number of halogens is 5. The van der Waals surface area contributed by atoms with Crippen molar-refractivity contribution in [3.63, 3.8) is 0 Å². The molecule has 35 heavy (non-hydrogen) atoms. The van der Waals surface area contributed by atoms with Crippen LogP contribution in [0.5, 0.6) is 0 Å². The van der Waals surface area contributed by atoms with Gasteiger partial charge in [-0.1, -0.05) is 0 Å². The number of benzene rings is 1. The number of alkyl halides is 3. The number of nitrogens with zero attached hydrogens (tertiary/aromatic N) is 3. The largest absolute Gasteiger partial charge is 0.481 e. The number of aromatic nitrogens is 2. The summed E-state index contributed by atoms with van der Waals surface area (Å²) in [5.74, 6) is -2.55. The van der Waals surface area contributed by atoms with Crippen LogP contribution in [0.1, 0.15) is 36.3 Å². The third-order valence-electron chi connectivity index (χ3n) is 5.52. The van der Waals surface area contributed by atoms with Crippen LogP contribution < -0.4 is 5.73 Å². The zero-order valence-electron chi connectivity index (χ0n) is 18.5. The molecule has 0 bridgehead atoms. The number of ether oxygens (including phenoxy) is 1. The lowest BCUT2D eigenvalue weighted by atomic mass is 9.89. The van der Waals surface area contributed by atoms with Gasteiger partial charge in [-0.3, -0.25) is 9.69 Å². The second-order valence-corrected chi connectivity index (χ2v) is 10.2. The van der Waals surface area contributed by atoms with E-state index in [1.807, 2.05) is 0 Å². The van der Waals surface area contributed by atoms with Crippen LogP contribution in [0.4, 0.5) is 22.0 Å². The Morgan fingerprint density at radius 3 is 2.43 bits per heavy atom. The summed E-state index contributed by atoms with van der Waals surface area (Å²) in [6.07, 6.45) is -6.53. The summed E-state index contributed by atoms with van der Waals surface area (Å²) in [6.45, 7) is 1.08. The first kappa shape index (κ1) is 27.0. The molecule has 0 saturated carbocycles. The monoisotopic (exact) mass is 526 g/mol. The summed E-state index contributed by atoms with van der Waals surface area (Å²) in [6, 6.07) is 0.226. The van der Waals surface area contributed by atoms with Crippen LogP contribution in [0, 0.1) is 11.6 Å². The van der Waals surface area contributed by atoms with E-state index in [2.05, 4.69) is 5.10 Å². The zero-order valence-corrected chi connectivity index (χ0v) is 19.4. The van der Waals surface area contributed by atoms with E-state index in [0.717, 1.165) is 35.5 Å². The highest BCUT2D eigenvalue weighted by Crippen LogP contribution is 2.42. The molecule has 0 radical (unpaired) electrons. The van der Waals surface area contributed by atoms with E-state index in [9.17, 15) is 30.4 Å². The average molecular weight is 526 g/mol. The van der Waals surface area contributed by atoms with Crippen molar-refractivity contribution >= 4 is 16.0 Å². The van der Waals surface area contributed by atoms with Crippen LogP contribution in [0.25, 0.3) is 0 Å². The van der Waals surface area contributed by atoms with Crippen molar-refractivity contribution in [2.45, 2.75) is 56.9 Å². The summed E-state index contributed by atoms with van der Waals surface area (Å²) in [5, 5.41) is 11.4. The third kappa shape index (κ3) is 6.15. The standard InChI is InChI=1S/C18H19F5N4O3S.C2H4O2/c1-31(28,29)27-7-9-6-26(8-14(9)25-27)15-5-13(24)16(30-17(15)18(21,22)23)11-4-10(19)2-3-12(11)20;1-2(3)4/h2-4,7,13,15-17H,5-6,8,24H2,1H3;1H3,(H,3,4)/t13-,15+,16+,17-;/m0./s1. The van der Waals surface area contributed by atoms with Crippen molar-refractivity contribution in [1.29, 1.82) is 0 Å². The number of rotatable bonds is 3. The summed E-state index contributed by atoms with van der Waals surface area (Å²) in [7, 11) is -3.62. The van der Waals surface area contributed by atoms with Crippen molar-refractivity contribution in [2.24, 2.45) is 5.73 Å². The number of fused-ring (bicyclic) bond motifs is 1. The normalized spacial score (nSPS) is 25.0. The fourth-order valence-electron chi connectivity index (χ4n) is 4.10. The number of nitrogens with two attached hydrogens (primary N) is 1. The Morgan fingerprint density at radius 1 is 1.26 bits per heavy atom. The van der Waals surface area contributed by atoms with Gasteiger partial charge in [0.25, 0.3) is 16.0 Å². The lowest BCUT2D eigenvalue weighted by Gasteiger charge is -2.44. The third-order valence-corrected chi connectivity index (χ3v) is 6.39. The lowest BCUT2D eigenvalue weighted by molar-refractivity contribution is -0.269. The number of carboxylic acid groups (broad SMARTS) is 1. The van der Waals surface area contributed by atoms with Gasteiger partial charge >= 0.3 is 6.18 Å². The number of aliphatic carboxylic acids is 1. The quantitative estimate of drug-likeness (QED) is 0.583. The second kappa shape index (κ2) is 9.79. The molecule has 9 nitrogen and oxygen atoms in total. The molecule has 1 fully saturated rings. The fraction of sp³-hybridized carbons (Fsp3) is 0.500. The molecule has 4 atom stereocenters. The van der Waals surface area contributed by atoms with Gasteiger partial charge in [-0.05, 0) is 24.6 Å². The molecule has 1 saturated heterocycles. The van der Waals surface area contributed by atoms with Crippen LogP contribution in [0.3, 0.4) is 0 Å². The molecular weight excluding hydrogens is 503 g/mol. The highest BCUT2D eigenvalue weighted by molar-refractivity contribution is 7.89. The van der Waals surface area contributed by atoms with E-state index in [-0.39, 0.29) is 25.1 Å². The highest BCUT2D eigenvalue weighted by Gasteiger charge is 2.54. The summed E-state index contributed by atoms with van der Waals surface area (Å²) in [5.41, 5.74) is 6.51. The van der Waals surface area contributed by atoms with Crippen LogP contribution in [-0.4, -0.2) is 64.2 Å². The number of carboxylic acids is 1. The van der Waals surface area contributed by atoms with Crippen molar-refractivity contribution in [1.82, 2.24) is 14.1 Å². The van der Waals surface area contributed by atoms with E-state index in [0.29, 0.717) is 11.3 Å². The molecule has 0 amide bonds. The summed E-state index contributed by atoms with van der Waals surface area (Å²) < 4.78 is 98.6. The van der Waals surface area contributed by atoms with Gasteiger partial charge in [0.1, 0.15) is 17.7 Å². The highest BCUT2D eigenvalue weighted by atomic mass is 32.2. The van der Waals surface area contributed by atoms with E-state index in [1.165, 1.54) is 11.1 Å². The number of carbonyl (C=O) groups is 1. The first-order valence-electron chi connectivity index (χ1n) is 10.2. The second-order valence-electron chi connectivity index (χ2n) is 8.31. The van der Waals surface area contributed by atoms with Crippen LogP contribution in [0.2, 0.25) is 0 Å². The maximum absolute atomic E-state index is 14.2. The zero-order chi connectivity index (χ0) is 26.3. The smallest absolute Gasteiger partial charge is 0.416 e. The Balaban J connectivity index is 0.000000795. The number of hydrogen-bond acceptors (Lipinski definition) is 7. The molecule has 3 N–H and O–H groups in total. The van der Waals surface area contributed by atoms with E-state index < -0.39 is 58.1 Å². The van der Waals surface area contributed by atoms with Crippen LogP contribution in [-0.2, 0) is 32.6 Å². The molecule has 15 heteroatoms. The predicted octanol–water partition coefficient (Wildman–Crippen LogP) is 2.16. The molecule has 2 aliphatic heterocycles. The Morgan fingerprint density at radius 2 is 1.89 bits per heavy atom. The molecule has 2 aliphatic rings. The van der Waals surface area contributed by atoms with Gasteiger partial charge in [-0.2, -0.15) is 22.4 Å². The lowest BCUT2D eigenvalue weighted by Crippen LogP contribution is -2.58. The van der Waals surface area contributed by atoms with Crippen molar-refractivity contribution in [2.75, 3.05) is 6.26 Å². The molecule has 1 aromatic heterocycles. The maximum atomic E-state index is 14.2. The van der Waals surface area contributed by atoms with Crippen molar-refractivity contribution in [3.8, 4) is 0 Å². The maximum Gasteiger partial charge on any atom is 0.416 e. The van der Waals surface area contributed by atoms with Gasteiger partial charge in [-0.15, -0.1) is 0 Å². The first-order valence-corrected chi connectivity index (χ1v) is 12.1. The molecule has 3 heterocycles. The number of hydrogen-bond donors (Lipinski definition) is 2. The molecule has 0 aliphatic carbocycles. The Kier molecular flexibility index (Phi) is 7.55. The molecule has 1 aromatic carbocycles. The Labute approximate surface area is 197 Å². The van der Waals surface area contributed by atoms with E-state index in [1.54, 1.807) is 0 Å². The Bertz CT molecular complexity index is 1180. The van der Waals surface area contributed by atoms with Gasteiger partial charge in [0.15, 0.2) is 6.10 Å². The minimum atomic E-state index is -4.79. The molecular formula is C20H23F5N4O5S. The van der Waals surface area contributed by atoms with Gasteiger partial charge in [0.05, 0.1) is 11.9 Å². The fourth-order valence-corrected chi connectivity index (χ4v) is 4.67. The summed E-state index contributed by atoms with van der Waals surface area (Å²) >= 11 is 0. The molecule has 194 valence electrons. The van der Waals surface area contributed by atoms with E-state index in [4.69, 9.17) is 20.4 Å². The molecule has 2 aromatic rings. The Hall–Kier alpha value is -2.62. The molecule has 0 unspecified atom stereocenters. The summed E-state index contributed by atoms with van der Waals surface area (Å²) in [4.78, 5) is 10.5. The van der Waals surface area contributed by atoms with E-state index >= 15 is 0 Å². The predicted molar refractivity (Wildman–Crippen MR) is 111 cm³/mol. The van der Waals surface area contributed by atoms with Crippen LogP contribution >= 0.6 is 0 Å². The van der Waals surface area contributed by atoms with Gasteiger partial charge in [0.2, 0.25) is 0 Å². The van der Waals surface area contributed by atoms with Gasteiger partial charge in [0, 0.05) is 49.4 Å². The van der Waals surface area contributed by atoms with Crippen molar-refractivity contribution < 1.29 is 45.0 Å². The minimum absolute atomic E-state index is 0.0236. The minimum Gasteiger partial charge on any atom is -0.481 e. The van der Waals surface area contributed by atoms with Gasteiger partial charge < -0.3 is 15.6 Å². The van der Waals surface area contributed by atoms with Crippen LogP contribution in [0.15, 0.2) is 24.4 Å².